The average Bonchev–Trinajstić information content (AvgIpc) is 3.22. The molecule has 0 N–H and O–H groups in total. The van der Waals surface area contributed by atoms with Crippen LogP contribution in [-0.4, -0.2) is 21.1 Å². The number of carbonyl (C=O) groups excluding carboxylic acids is 1. The van der Waals surface area contributed by atoms with E-state index in [0.717, 1.165) is 39.6 Å². The topological polar surface area (TPSA) is 66.2 Å². The zero-order chi connectivity index (χ0) is 23.3. The summed E-state index contributed by atoms with van der Waals surface area (Å²) in [4.78, 5) is 15.9. The Balaban J connectivity index is 1.51. The van der Waals surface area contributed by atoms with Crippen LogP contribution < -0.4 is 9.47 Å². The molecule has 0 saturated carbocycles. The first-order chi connectivity index (χ1) is 16.7. The summed E-state index contributed by atoms with van der Waals surface area (Å²) in [5, 5.41) is 5.63. The van der Waals surface area contributed by atoms with Gasteiger partial charge in [0.15, 0.2) is 0 Å². The number of aryl methyl sites for hydroxylation is 1. The van der Waals surface area contributed by atoms with Crippen molar-refractivity contribution < 1.29 is 14.3 Å². The van der Waals surface area contributed by atoms with Gasteiger partial charge in [0.2, 0.25) is 11.8 Å². The highest BCUT2D eigenvalue weighted by Gasteiger charge is 2.18. The average molecular weight is 450 g/mol. The summed E-state index contributed by atoms with van der Waals surface area (Å²) in [5.41, 5.74) is 5.05. The van der Waals surface area contributed by atoms with Gasteiger partial charge in [0, 0.05) is 24.1 Å². The van der Waals surface area contributed by atoms with E-state index in [2.05, 4.69) is 4.98 Å². The molecule has 3 aromatic carbocycles. The molecule has 0 aliphatic rings. The minimum atomic E-state index is 0.364. The van der Waals surface area contributed by atoms with Crippen molar-refractivity contribution in [2.45, 2.75) is 13.2 Å². The molecule has 2 aromatic heterocycles. The lowest BCUT2D eigenvalue weighted by atomic mass is 10.1. The molecule has 0 radical (unpaired) electrons. The van der Waals surface area contributed by atoms with Crippen LogP contribution in [0.4, 0.5) is 0 Å². The lowest BCUT2D eigenvalue weighted by molar-refractivity contribution is 0.112. The number of benzene rings is 3. The van der Waals surface area contributed by atoms with Crippen LogP contribution in [0, 0.1) is 0 Å². The Morgan fingerprint density at radius 3 is 2.18 bits per heavy atom. The number of aromatic nitrogens is 3. The van der Waals surface area contributed by atoms with Crippen molar-refractivity contribution in [2.24, 2.45) is 7.05 Å². The summed E-state index contributed by atoms with van der Waals surface area (Å²) in [7, 11) is 1.86. The van der Waals surface area contributed by atoms with E-state index in [1.54, 1.807) is 10.7 Å². The molecular formula is C28H23N3O3. The second kappa shape index (κ2) is 9.58. The van der Waals surface area contributed by atoms with Gasteiger partial charge in [-0.05, 0) is 29.3 Å². The smallest absolute Gasteiger partial charge is 0.226 e. The first kappa shape index (κ1) is 21.4. The Labute approximate surface area is 197 Å². The minimum Gasteiger partial charge on any atom is -0.473 e. The van der Waals surface area contributed by atoms with E-state index in [4.69, 9.17) is 14.6 Å². The highest BCUT2D eigenvalue weighted by atomic mass is 16.5. The molecule has 6 heteroatoms. The number of fused-ring (bicyclic) bond motifs is 1. The standard InChI is InChI=1S/C28H23N3O3/c1-31-25-16-22(17-32)12-13-23(25)27(30-31)24-14-15-26(33-18-20-8-4-2-5-9-20)29-28(24)34-19-21-10-6-3-7-11-21/h2-17H,18-19H2,1H3. The zero-order valence-corrected chi connectivity index (χ0v) is 18.7. The molecule has 0 bridgehead atoms. The van der Waals surface area contributed by atoms with Crippen molar-refractivity contribution >= 4 is 17.2 Å². The summed E-state index contributed by atoms with van der Waals surface area (Å²) in [5.74, 6) is 0.910. The summed E-state index contributed by atoms with van der Waals surface area (Å²) in [6, 6.07) is 29.1. The van der Waals surface area contributed by atoms with Gasteiger partial charge in [-0.1, -0.05) is 66.7 Å². The molecule has 34 heavy (non-hydrogen) atoms. The second-order valence-electron chi connectivity index (χ2n) is 7.92. The highest BCUT2D eigenvalue weighted by molar-refractivity contribution is 5.97. The Morgan fingerprint density at radius 1 is 0.824 bits per heavy atom. The van der Waals surface area contributed by atoms with Gasteiger partial charge in [0.05, 0.1) is 11.1 Å². The summed E-state index contributed by atoms with van der Waals surface area (Å²) >= 11 is 0. The fourth-order valence-corrected chi connectivity index (χ4v) is 3.80. The SMILES string of the molecule is Cn1nc(-c2ccc(OCc3ccccc3)nc2OCc2ccccc2)c2ccc(C=O)cc21. The van der Waals surface area contributed by atoms with Gasteiger partial charge in [0.25, 0.3) is 0 Å². The molecule has 0 aliphatic heterocycles. The molecular weight excluding hydrogens is 426 g/mol. The van der Waals surface area contributed by atoms with Crippen LogP contribution >= 0.6 is 0 Å². The van der Waals surface area contributed by atoms with Crippen LogP contribution in [0.1, 0.15) is 21.5 Å². The van der Waals surface area contributed by atoms with Crippen molar-refractivity contribution in [1.82, 2.24) is 14.8 Å². The molecule has 0 amide bonds. The number of hydrogen-bond acceptors (Lipinski definition) is 5. The first-order valence-corrected chi connectivity index (χ1v) is 11.0. The van der Waals surface area contributed by atoms with Crippen molar-refractivity contribution in [3.63, 3.8) is 0 Å². The predicted octanol–water partition coefficient (Wildman–Crippen LogP) is 5.61. The number of aldehydes is 1. The summed E-state index contributed by atoms with van der Waals surface area (Å²) in [6.45, 7) is 0.773. The van der Waals surface area contributed by atoms with Crippen molar-refractivity contribution in [3.05, 3.63) is 108 Å². The third-order valence-corrected chi connectivity index (χ3v) is 5.55. The van der Waals surface area contributed by atoms with Crippen LogP contribution in [-0.2, 0) is 20.3 Å². The van der Waals surface area contributed by atoms with E-state index < -0.39 is 0 Å². The molecule has 0 aliphatic carbocycles. The van der Waals surface area contributed by atoms with E-state index >= 15 is 0 Å². The molecule has 0 fully saturated rings. The maximum atomic E-state index is 11.2. The molecule has 2 heterocycles. The molecule has 0 spiro atoms. The molecule has 0 saturated heterocycles. The zero-order valence-electron chi connectivity index (χ0n) is 18.7. The maximum absolute atomic E-state index is 11.2. The molecule has 0 unspecified atom stereocenters. The monoisotopic (exact) mass is 449 g/mol. The largest absolute Gasteiger partial charge is 0.473 e. The van der Waals surface area contributed by atoms with Crippen LogP contribution in [0.2, 0.25) is 0 Å². The normalized spacial score (nSPS) is 10.9. The minimum absolute atomic E-state index is 0.364. The number of rotatable bonds is 8. The molecule has 6 nitrogen and oxygen atoms in total. The van der Waals surface area contributed by atoms with E-state index in [-0.39, 0.29) is 0 Å². The van der Waals surface area contributed by atoms with Crippen LogP contribution in [0.15, 0.2) is 91.0 Å². The van der Waals surface area contributed by atoms with E-state index in [9.17, 15) is 4.79 Å². The number of carbonyl (C=O) groups is 1. The van der Waals surface area contributed by atoms with Gasteiger partial charge in [-0.3, -0.25) is 9.48 Å². The molecule has 168 valence electrons. The summed E-state index contributed by atoms with van der Waals surface area (Å²) in [6.07, 6.45) is 0.834. The Bertz CT molecular complexity index is 1430. The molecule has 0 atom stereocenters. The lowest BCUT2D eigenvalue weighted by Gasteiger charge is -2.12. The number of ether oxygens (including phenoxy) is 2. The molecule has 5 rings (SSSR count). The van der Waals surface area contributed by atoms with Gasteiger partial charge in [-0.2, -0.15) is 10.1 Å². The van der Waals surface area contributed by atoms with Gasteiger partial charge in [-0.15, -0.1) is 0 Å². The van der Waals surface area contributed by atoms with Crippen LogP contribution in [0.25, 0.3) is 22.2 Å². The van der Waals surface area contributed by atoms with Crippen molar-refractivity contribution in [3.8, 4) is 23.0 Å². The second-order valence-corrected chi connectivity index (χ2v) is 7.92. The van der Waals surface area contributed by atoms with E-state index in [1.165, 1.54) is 0 Å². The number of hydrogen-bond donors (Lipinski definition) is 0. The first-order valence-electron chi connectivity index (χ1n) is 11.0. The maximum Gasteiger partial charge on any atom is 0.226 e. The summed E-state index contributed by atoms with van der Waals surface area (Å²) < 4.78 is 13.9. The van der Waals surface area contributed by atoms with Crippen molar-refractivity contribution in [2.75, 3.05) is 0 Å². The van der Waals surface area contributed by atoms with Crippen LogP contribution in [0.5, 0.6) is 11.8 Å². The Hall–Kier alpha value is -4.45. The van der Waals surface area contributed by atoms with Gasteiger partial charge < -0.3 is 9.47 Å². The third-order valence-electron chi connectivity index (χ3n) is 5.55. The van der Waals surface area contributed by atoms with Gasteiger partial charge in [-0.25, -0.2) is 0 Å². The highest BCUT2D eigenvalue weighted by Crippen LogP contribution is 2.35. The fraction of sp³-hybridized carbons (Fsp3) is 0.107. The predicted molar refractivity (Wildman–Crippen MR) is 131 cm³/mol. The van der Waals surface area contributed by atoms with E-state index in [1.807, 2.05) is 92.0 Å². The van der Waals surface area contributed by atoms with Gasteiger partial charge >= 0.3 is 0 Å². The third kappa shape index (κ3) is 4.52. The Morgan fingerprint density at radius 2 is 1.50 bits per heavy atom. The van der Waals surface area contributed by atoms with Crippen molar-refractivity contribution in [1.29, 1.82) is 0 Å². The fourth-order valence-electron chi connectivity index (χ4n) is 3.80. The Kier molecular flexibility index (Phi) is 6.03. The molecule has 5 aromatic rings. The quantitative estimate of drug-likeness (QED) is 0.288. The van der Waals surface area contributed by atoms with Gasteiger partial charge in [0.1, 0.15) is 25.2 Å². The number of nitrogens with zero attached hydrogens (tertiary/aromatic N) is 3. The lowest BCUT2D eigenvalue weighted by Crippen LogP contribution is -2.02. The number of pyridine rings is 1. The van der Waals surface area contributed by atoms with Crippen LogP contribution in [0.3, 0.4) is 0 Å². The van der Waals surface area contributed by atoms with E-state index in [0.29, 0.717) is 30.5 Å².